The zero-order valence-electron chi connectivity index (χ0n) is 9.36. The van der Waals surface area contributed by atoms with Crippen molar-refractivity contribution in [2.24, 2.45) is 0 Å². The molecule has 6 heteroatoms. The molecule has 0 amide bonds. The van der Waals surface area contributed by atoms with Gasteiger partial charge >= 0.3 is 0 Å². The van der Waals surface area contributed by atoms with E-state index in [4.69, 9.17) is 18.1 Å². The lowest BCUT2D eigenvalue weighted by Crippen LogP contribution is -2.40. The Morgan fingerprint density at radius 1 is 1.36 bits per heavy atom. The van der Waals surface area contributed by atoms with Crippen LogP contribution in [0, 0.1) is 0 Å². The van der Waals surface area contributed by atoms with Gasteiger partial charge in [0.1, 0.15) is 0 Å². The molecule has 0 bridgehead atoms. The third kappa shape index (κ3) is 22.6. The number of hydrogen-bond donors (Lipinski definition) is 1. The predicted octanol–water partition coefficient (Wildman–Crippen LogP) is -0.373. The van der Waals surface area contributed by atoms with E-state index in [1.807, 2.05) is 0 Å². The lowest BCUT2D eigenvalue weighted by molar-refractivity contribution is -0.888. The van der Waals surface area contributed by atoms with Crippen molar-refractivity contribution in [1.82, 2.24) is 0 Å². The van der Waals surface area contributed by atoms with Crippen LogP contribution in [-0.4, -0.2) is 62.6 Å². The normalized spacial score (nSPS) is 11.9. The Balaban J connectivity index is 0. The molecule has 0 aliphatic heterocycles. The minimum absolute atomic E-state index is 0.321. The SMILES string of the molecule is CC[N+](C)(C)CCCO.CS(=O)(=O)[O-]. The van der Waals surface area contributed by atoms with Crippen LogP contribution in [0.25, 0.3) is 0 Å². The van der Waals surface area contributed by atoms with E-state index < -0.39 is 10.1 Å². The van der Waals surface area contributed by atoms with Gasteiger partial charge in [0.05, 0.1) is 37.3 Å². The summed E-state index contributed by atoms with van der Waals surface area (Å²) in [5, 5.41) is 8.52. The van der Waals surface area contributed by atoms with Crippen LogP contribution in [0.2, 0.25) is 0 Å². The van der Waals surface area contributed by atoms with Gasteiger partial charge in [-0.05, 0) is 6.92 Å². The molecule has 0 aromatic carbocycles. The third-order valence-electron chi connectivity index (χ3n) is 1.78. The summed E-state index contributed by atoms with van der Waals surface area (Å²) in [5.74, 6) is 0. The minimum Gasteiger partial charge on any atom is -0.748 e. The molecule has 0 saturated carbocycles. The van der Waals surface area contributed by atoms with Crippen LogP contribution in [0.5, 0.6) is 0 Å². The van der Waals surface area contributed by atoms with Crippen molar-refractivity contribution in [1.29, 1.82) is 0 Å². The van der Waals surface area contributed by atoms with Gasteiger partial charge in [0.25, 0.3) is 0 Å². The van der Waals surface area contributed by atoms with Crippen molar-refractivity contribution in [2.75, 3.05) is 40.0 Å². The first-order valence-electron chi connectivity index (χ1n) is 4.46. The van der Waals surface area contributed by atoms with Crippen molar-refractivity contribution in [2.45, 2.75) is 13.3 Å². The lowest BCUT2D eigenvalue weighted by Gasteiger charge is -2.27. The summed E-state index contributed by atoms with van der Waals surface area (Å²) in [4.78, 5) is 0. The molecule has 0 aromatic rings. The maximum Gasteiger partial charge on any atom is 0.0916 e. The smallest absolute Gasteiger partial charge is 0.0916 e. The van der Waals surface area contributed by atoms with Crippen molar-refractivity contribution in [3.63, 3.8) is 0 Å². The zero-order chi connectivity index (χ0) is 11.8. The van der Waals surface area contributed by atoms with Crippen LogP contribution >= 0.6 is 0 Å². The fourth-order valence-corrected chi connectivity index (χ4v) is 0.657. The second kappa shape index (κ2) is 7.17. The Bertz CT molecular complexity index is 215. The Labute approximate surface area is 86.7 Å². The molecule has 88 valence electrons. The summed E-state index contributed by atoms with van der Waals surface area (Å²) in [5.41, 5.74) is 0. The number of aliphatic hydroxyl groups excluding tert-OH is 1. The van der Waals surface area contributed by atoms with Crippen LogP contribution in [0.15, 0.2) is 0 Å². The van der Waals surface area contributed by atoms with Gasteiger partial charge in [-0.15, -0.1) is 0 Å². The molecular weight excluding hydrogens is 206 g/mol. The molecule has 0 spiro atoms. The van der Waals surface area contributed by atoms with Gasteiger partial charge in [0.15, 0.2) is 0 Å². The Morgan fingerprint density at radius 3 is 1.93 bits per heavy atom. The fourth-order valence-electron chi connectivity index (χ4n) is 0.657. The first kappa shape index (κ1) is 16.3. The highest BCUT2D eigenvalue weighted by Gasteiger charge is 2.09. The largest absolute Gasteiger partial charge is 0.748 e. The molecule has 0 aliphatic carbocycles. The first-order valence-corrected chi connectivity index (χ1v) is 6.27. The topological polar surface area (TPSA) is 77.4 Å². The first-order chi connectivity index (χ1) is 6.12. The summed E-state index contributed by atoms with van der Waals surface area (Å²) in [6, 6.07) is 0. The van der Waals surface area contributed by atoms with Crippen LogP contribution in [0.1, 0.15) is 13.3 Å². The third-order valence-corrected chi connectivity index (χ3v) is 1.78. The number of hydrogen-bond acceptors (Lipinski definition) is 4. The molecule has 0 heterocycles. The summed E-state index contributed by atoms with van der Waals surface area (Å²) >= 11 is 0. The fraction of sp³-hybridized carbons (Fsp3) is 1.00. The molecule has 14 heavy (non-hydrogen) atoms. The number of rotatable bonds is 4. The van der Waals surface area contributed by atoms with E-state index in [-0.39, 0.29) is 0 Å². The highest BCUT2D eigenvalue weighted by molar-refractivity contribution is 7.84. The Kier molecular flexibility index (Phi) is 8.33. The van der Waals surface area contributed by atoms with Crippen molar-refractivity contribution >= 4 is 10.1 Å². The van der Waals surface area contributed by atoms with Crippen LogP contribution in [-0.2, 0) is 10.1 Å². The number of aliphatic hydroxyl groups is 1. The van der Waals surface area contributed by atoms with Gasteiger partial charge in [-0.3, -0.25) is 0 Å². The van der Waals surface area contributed by atoms with E-state index >= 15 is 0 Å². The maximum atomic E-state index is 9.08. The minimum atomic E-state index is -3.92. The van der Waals surface area contributed by atoms with Gasteiger partial charge < -0.3 is 14.1 Å². The van der Waals surface area contributed by atoms with Crippen LogP contribution < -0.4 is 0 Å². The molecule has 0 fully saturated rings. The van der Waals surface area contributed by atoms with Crippen molar-refractivity contribution < 1.29 is 22.6 Å². The van der Waals surface area contributed by atoms with E-state index in [2.05, 4.69) is 21.0 Å². The van der Waals surface area contributed by atoms with E-state index in [9.17, 15) is 0 Å². The van der Waals surface area contributed by atoms with Gasteiger partial charge in [-0.25, -0.2) is 8.42 Å². The summed E-state index contributed by atoms with van der Waals surface area (Å²) in [6.07, 6.45) is 1.52. The highest BCUT2D eigenvalue weighted by Crippen LogP contribution is 1.96. The quantitative estimate of drug-likeness (QED) is 0.525. The number of nitrogens with zero attached hydrogens (tertiary/aromatic N) is 1. The summed E-state index contributed by atoms with van der Waals surface area (Å²) < 4.78 is 28.2. The average molecular weight is 227 g/mol. The van der Waals surface area contributed by atoms with E-state index in [0.717, 1.165) is 24.0 Å². The summed E-state index contributed by atoms with van der Waals surface area (Å²) in [6.45, 7) is 4.70. The number of quaternary nitrogens is 1. The molecule has 0 radical (unpaired) electrons. The maximum absolute atomic E-state index is 9.08. The Morgan fingerprint density at radius 2 is 1.71 bits per heavy atom. The van der Waals surface area contributed by atoms with Gasteiger partial charge in [-0.2, -0.15) is 0 Å². The second-order valence-corrected chi connectivity index (χ2v) is 5.17. The molecular formula is C8H21NO4S. The monoisotopic (exact) mass is 227 g/mol. The molecule has 0 unspecified atom stereocenters. The van der Waals surface area contributed by atoms with E-state index in [1.54, 1.807) is 0 Å². The molecule has 0 rings (SSSR count). The molecule has 0 atom stereocenters. The molecule has 0 saturated heterocycles. The van der Waals surface area contributed by atoms with E-state index in [1.165, 1.54) is 0 Å². The lowest BCUT2D eigenvalue weighted by atomic mass is 10.3. The van der Waals surface area contributed by atoms with Gasteiger partial charge in [-0.1, -0.05) is 0 Å². The summed E-state index contributed by atoms with van der Waals surface area (Å²) in [7, 11) is 0.436. The van der Waals surface area contributed by atoms with Crippen molar-refractivity contribution in [3.05, 3.63) is 0 Å². The van der Waals surface area contributed by atoms with Gasteiger partial charge in [0, 0.05) is 19.3 Å². The average Bonchev–Trinajstić information content (AvgIpc) is 1.98. The van der Waals surface area contributed by atoms with Gasteiger partial charge in [0.2, 0.25) is 0 Å². The van der Waals surface area contributed by atoms with Crippen LogP contribution in [0.4, 0.5) is 0 Å². The molecule has 1 N–H and O–H groups in total. The second-order valence-electron chi connectivity index (χ2n) is 3.76. The standard InChI is InChI=1S/C7H18NO.CH4O3S/c1-4-8(2,3)6-5-7-9;1-5(2,3)4/h9H,4-7H2,1-3H3;1H3,(H,2,3,4)/q+1;/p-1. The zero-order valence-corrected chi connectivity index (χ0v) is 10.2. The highest BCUT2D eigenvalue weighted by atomic mass is 32.2. The molecule has 0 aliphatic rings. The van der Waals surface area contributed by atoms with Crippen LogP contribution in [0.3, 0.4) is 0 Å². The van der Waals surface area contributed by atoms with Crippen molar-refractivity contribution in [3.8, 4) is 0 Å². The predicted molar refractivity (Wildman–Crippen MR) is 54.8 cm³/mol. The molecule has 5 nitrogen and oxygen atoms in total. The van der Waals surface area contributed by atoms with E-state index in [0.29, 0.717) is 12.9 Å². The Hall–Kier alpha value is -0.170. The molecule has 0 aromatic heterocycles.